The molecule has 9 heavy (non-hydrogen) atoms. The van der Waals surface area contributed by atoms with E-state index in [1.807, 2.05) is 6.92 Å². The normalized spacial score (nSPS) is 15.3. The summed E-state index contributed by atoms with van der Waals surface area (Å²) in [6.45, 7) is 1.90. The quantitative estimate of drug-likeness (QED) is 0.532. The molecule has 0 aliphatic rings. The minimum absolute atomic E-state index is 0.0856. The lowest BCUT2D eigenvalue weighted by Crippen LogP contribution is -2.24. The summed E-state index contributed by atoms with van der Waals surface area (Å²) in [7, 11) is 0. The van der Waals surface area contributed by atoms with Crippen molar-refractivity contribution in [1.82, 2.24) is 0 Å². The molecule has 0 nitrogen and oxygen atoms in total. The number of hydrogen-bond donors (Lipinski definition) is 0. The standard InChI is InChI=1S/C2H4BBr2Cl3Si/c1-2(3(4)5)9(6,7)8/h2H,1H3. The van der Waals surface area contributed by atoms with Gasteiger partial charge < -0.3 is 0 Å². The van der Waals surface area contributed by atoms with Gasteiger partial charge >= 0.3 is 10.4 Å². The van der Waals surface area contributed by atoms with E-state index in [1.54, 1.807) is 0 Å². The second-order valence-electron chi connectivity index (χ2n) is 1.66. The highest BCUT2D eigenvalue weighted by Crippen LogP contribution is 2.38. The molecule has 0 rings (SSSR count). The van der Waals surface area contributed by atoms with Gasteiger partial charge in [-0.2, -0.15) is 0 Å². The molecule has 0 heterocycles. The van der Waals surface area contributed by atoms with E-state index in [1.165, 1.54) is 0 Å². The van der Waals surface area contributed by atoms with E-state index >= 15 is 0 Å². The Morgan fingerprint density at radius 2 is 1.67 bits per heavy atom. The molecule has 0 aliphatic heterocycles. The summed E-state index contributed by atoms with van der Waals surface area (Å²) in [4.78, 5) is 0. The molecule has 54 valence electrons. The molecule has 0 aromatic rings. The molecule has 0 saturated heterocycles. The summed E-state index contributed by atoms with van der Waals surface area (Å²) < 4.78 is 0.101. The Kier molecular flexibility index (Phi) is 5.20. The molecular formula is C2H4BBr2Cl3Si. The molecule has 1 atom stereocenters. The second kappa shape index (κ2) is 4.22. The molecule has 0 spiro atoms. The van der Waals surface area contributed by atoms with Crippen LogP contribution in [0, 0.1) is 0 Å². The van der Waals surface area contributed by atoms with Crippen LogP contribution in [0.25, 0.3) is 0 Å². The van der Waals surface area contributed by atoms with E-state index in [0.717, 1.165) is 0 Å². The molecule has 7 heteroatoms. The average molecular weight is 333 g/mol. The molecule has 0 aliphatic carbocycles. The number of hydrogen-bond acceptors (Lipinski definition) is 0. The third-order valence-corrected chi connectivity index (χ3v) is 7.92. The summed E-state index contributed by atoms with van der Waals surface area (Å²) in [6, 6.07) is -2.50. The van der Waals surface area contributed by atoms with Crippen LogP contribution in [-0.2, 0) is 0 Å². The van der Waals surface area contributed by atoms with Crippen molar-refractivity contribution in [3.8, 4) is 0 Å². The maximum absolute atomic E-state index is 5.69. The predicted molar refractivity (Wildman–Crippen MR) is 56.3 cm³/mol. The molecule has 0 saturated carbocycles. The van der Waals surface area contributed by atoms with Gasteiger partial charge in [-0.1, -0.05) is 6.92 Å². The first-order valence-corrected chi connectivity index (χ1v) is 9.15. The first kappa shape index (κ1) is 11.1. The lowest BCUT2D eigenvalue weighted by molar-refractivity contribution is 1.33. The number of halogens is 5. The largest absolute Gasteiger partial charge is 0.339 e. The lowest BCUT2D eigenvalue weighted by atomic mass is 10.1. The van der Waals surface area contributed by atoms with Gasteiger partial charge in [0.05, 0.1) is 0 Å². The summed E-state index contributed by atoms with van der Waals surface area (Å²) >= 11 is 23.6. The van der Waals surface area contributed by atoms with Crippen LogP contribution in [0.5, 0.6) is 0 Å². The molecule has 0 amide bonds. The Labute approximate surface area is 86.8 Å². The van der Waals surface area contributed by atoms with Crippen molar-refractivity contribution in [2.24, 2.45) is 0 Å². The first-order valence-electron chi connectivity index (χ1n) is 2.20. The van der Waals surface area contributed by atoms with E-state index in [-0.39, 0.29) is 9.80 Å². The van der Waals surface area contributed by atoms with Crippen molar-refractivity contribution < 1.29 is 0 Å². The molecule has 0 radical (unpaired) electrons. The van der Waals surface area contributed by atoms with Crippen LogP contribution in [0.2, 0.25) is 5.44 Å². The smallest absolute Gasteiger partial charge is 0.139 e. The zero-order valence-corrected chi connectivity index (χ0v) is 11.0. The monoisotopic (exact) mass is 330 g/mol. The van der Waals surface area contributed by atoms with Gasteiger partial charge in [0.25, 0.3) is 0 Å². The average Bonchev–Trinajstić information content (AvgIpc) is 1.62. The zero-order chi connectivity index (χ0) is 7.65. The van der Waals surface area contributed by atoms with Crippen molar-refractivity contribution in [1.29, 1.82) is 0 Å². The Morgan fingerprint density at radius 1 is 1.33 bits per heavy atom. The van der Waals surface area contributed by atoms with Gasteiger partial charge in [0.2, 0.25) is 0 Å². The Bertz CT molecular complexity index is 94.3. The number of rotatable bonds is 2. The van der Waals surface area contributed by atoms with Gasteiger partial charge in [0.1, 0.15) is 0 Å². The highest BCUT2D eigenvalue weighted by molar-refractivity contribution is 9.49. The highest BCUT2D eigenvalue weighted by atomic mass is 79.9. The van der Waals surface area contributed by atoms with E-state index < -0.39 is 6.00 Å². The second-order valence-corrected chi connectivity index (χ2v) is 14.0. The van der Waals surface area contributed by atoms with Crippen LogP contribution < -0.4 is 0 Å². The molecule has 0 bridgehead atoms. The summed E-state index contributed by atoms with van der Waals surface area (Å²) in [5, 5.41) is 0. The van der Waals surface area contributed by atoms with E-state index in [0.29, 0.717) is 0 Å². The Hall–Kier alpha value is 2.11. The van der Waals surface area contributed by atoms with Crippen LogP contribution in [-0.4, -0.2) is 10.4 Å². The summed E-state index contributed by atoms with van der Waals surface area (Å²) in [5.41, 5.74) is 0.0856. The molecule has 0 aromatic carbocycles. The third kappa shape index (κ3) is 4.54. The van der Waals surface area contributed by atoms with E-state index in [2.05, 4.69) is 31.5 Å². The Balaban J connectivity index is 3.88. The molecule has 0 fully saturated rings. The summed E-state index contributed by atoms with van der Waals surface area (Å²) in [6.07, 6.45) is 0. The van der Waals surface area contributed by atoms with Gasteiger partial charge in [-0.3, -0.25) is 0 Å². The van der Waals surface area contributed by atoms with Crippen LogP contribution in [0.4, 0.5) is 0 Å². The molecule has 0 N–H and O–H groups in total. The van der Waals surface area contributed by atoms with E-state index in [4.69, 9.17) is 33.2 Å². The Morgan fingerprint density at radius 3 is 1.67 bits per heavy atom. The van der Waals surface area contributed by atoms with Gasteiger partial charge in [0, 0.05) is 0 Å². The van der Waals surface area contributed by atoms with Gasteiger partial charge in [0.15, 0.2) is 0 Å². The summed E-state index contributed by atoms with van der Waals surface area (Å²) in [5.74, 6) is 0. The first-order chi connectivity index (χ1) is 3.85. The maximum atomic E-state index is 5.69. The SMILES string of the molecule is CC(B(Br)Br)[Si](Cl)(Cl)Cl. The fourth-order valence-electron chi connectivity index (χ4n) is 0.143. The third-order valence-electron chi connectivity index (χ3n) is 0.894. The minimum Gasteiger partial charge on any atom is -0.139 e. The fourth-order valence-corrected chi connectivity index (χ4v) is 6.68. The van der Waals surface area contributed by atoms with Crippen LogP contribution in [0.15, 0.2) is 0 Å². The van der Waals surface area contributed by atoms with Crippen molar-refractivity contribution in [3.05, 3.63) is 0 Å². The maximum Gasteiger partial charge on any atom is 0.339 e. The highest BCUT2D eigenvalue weighted by Gasteiger charge is 2.38. The fraction of sp³-hybridized carbons (Fsp3) is 1.00. The van der Waals surface area contributed by atoms with E-state index in [9.17, 15) is 0 Å². The molecule has 0 aromatic heterocycles. The molecule has 1 unspecified atom stereocenters. The van der Waals surface area contributed by atoms with Crippen molar-refractivity contribution in [2.45, 2.75) is 12.4 Å². The van der Waals surface area contributed by atoms with Crippen LogP contribution >= 0.6 is 64.8 Å². The van der Waals surface area contributed by atoms with Crippen molar-refractivity contribution in [2.75, 3.05) is 0 Å². The van der Waals surface area contributed by atoms with Crippen LogP contribution in [0.3, 0.4) is 0 Å². The van der Waals surface area contributed by atoms with Gasteiger partial charge in [-0.25, -0.2) is 0 Å². The molecular weight excluding hydrogens is 329 g/mol. The predicted octanol–water partition coefficient (Wildman–Crippen LogP) is 3.85. The lowest BCUT2D eigenvalue weighted by Gasteiger charge is -2.15. The van der Waals surface area contributed by atoms with Crippen LogP contribution in [0.1, 0.15) is 6.92 Å². The van der Waals surface area contributed by atoms with Crippen molar-refractivity contribution >= 4 is 75.1 Å². The topological polar surface area (TPSA) is 0 Å². The minimum atomic E-state index is -2.50. The van der Waals surface area contributed by atoms with Gasteiger partial charge in [-0.05, 0) is 5.44 Å². The zero-order valence-electron chi connectivity index (χ0n) is 4.54. The van der Waals surface area contributed by atoms with Gasteiger partial charge in [-0.15, -0.1) is 64.8 Å². The van der Waals surface area contributed by atoms with Crippen molar-refractivity contribution in [3.63, 3.8) is 0 Å².